The quantitative estimate of drug-likeness (QED) is 0.733. The second-order valence-electron chi connectivity index (χ2n) is 5.67. The van der Waals surface area contributed by atoms with Gasteiger partial charge in [0.05, 0.1) is 19.8 Å². The van der Waals surface area contributed by atoms with E-state index in [0.29, 0.717) is 23.7 Å². The van der Waals surface area contributed by atoms with Gasteiger partial charge in [0.1, 0.15) is 0 Å². The predicted molar refractivity (Wildman–Crippen MR) is 95.7 cm³/mol. The molecule has 4 nitrogen and oxygen atoms in total. The molecule has 0 aliphatic rings. The van der Waals surface area contributed by atoms with Crippen molar-refractivity contribution in [3.8, 4) is 11.5 Å². The Morgan fingerprint density at radius 3 is 2.54 bits per heavy atom. The van der Waals surface area contributed by atoms with Crippen LogP contribution in [0.4, 0.5) is 0 Å². The second-order valence-corrected chi connectivity index (χ2v) is 5.67. The molecule has 1 atom stereocenters. The zero-order chi connectivity index (χ0) is 17.4. The van der Waals surface area contributed by atoms with Crippen molar-refractivity contribution in [2.45, 2.75) is 32.7 Å². The number of amides is 1. The third-order valence-corrected chi connectivity index (χ3v) is 3.83. The summed E-state index contributed by atoms with van der Waals surface area (Å²) in [6.45, 7) is 4.72. The smallest absolute Gasteiger partial charge is 0.251 e. The van der Waals surface area contributed by atoms with E-state index >= 15 is 0 Å². The van der Waals surface area contributed by atoms with Gasteiger partial charge in [-0.1, -0.05) is 43.7 Å². The molecule has 1 amide bonds. The second kappa shape index (κ2) is 8.96. The Labute approximate surface area is 143 Å². The molecule has 0 unspecified atom stereocenters. The fourth-order valence-corrected chi connectivity index (χ4v) is 2.36. The number of hydrogen-bond acceptors (Lipinski definition) is 3. The third-order valence-electron chi connectivity index (χ3n) is 3.83. The first-order valence-electron chi connectivity index (χ1n) is 8.32. The summed E-state index contributed by atoms with van der Waals surface area (Å²) in [5, 5.41) is 3.00. The lowest BCUT2D eigenvalue weighted by Gasteiger charge is -2.16. The zero-order valence-electron chi connectivity index (χ0n) is 14.5. The number of unbranched alkanes of at least 4 members (excludes halogenated alkanes) is 1. The molecule has 24 heavy (non-hydrogen) atoms. The molecule has 2 rings (SSSR count). The zero-order valence-corrected chi connectivity index (χ0v) is 14.5. The van der Waals surface area contributed by atoms with Gasteiger partial charge in [-0.3, -0.25) is 4.79 Å². The van der Waals surface area contributed by atoms with Crippen LogP contribution in [0.25, 0.3) is 0 Å². The first-order chi connectivity index (χ1) is 11.7. The molecule has 2 aromatic rings. The number of hydrogen-bond donors (Lipinski definition) is 1. The maximum Gasteiger partial charge on any atom is 0.251 e. The summed E-state index contributed by atoms with van der Waals surface area (Å²) in [4.78, 5) is 12.5. The molecule has 0 heterocycles. The molecular formula is C20H25NO3. The van der Waals surface area contributed by atoms with Crippen molar-refractivity contribution < 1.29 is 14.3 Å². The summed E-state index contributed by atoms with van der Waals surface area (Å²) in [6, 6.07) is 15.1. The van der Waals surface area contributed by atoms with E-state index in [9.17, 15) is 4.79 Å². The van der Waals surface area contributed by atoms with Crippen molar-refractivity contribution in [1.82, 2.24) is 5.32 Å². The Kier molecular flexibility index (Phi) is 6.67. The minimum atomic E-state index is -0.134. The van der Waals surface area contributed by atoms with E-state index in [2.05, 4.69) is 12.2 Å². The maximum atomic E-state index is 12.5. The highest BCUT2D eigenvalue weighted by atomic mass is 16.5. The molecule has 0 aliphatic heterocycles. The summed E-state index contributed by atoms with van der Waals surface area (Å²) in [5.74, 6) is 1.11. The number of carbonyl (C=O) groups excluding carboxylic acids is 1. The normalized spacial score (nSPS) is 11.6. The summed E-state index contributed by atoms with van der Waals surface area (Å²) in [5.41, 5.74) is 1.62. The minimum absolute atomic E-state index is 0.0647. The lowest BCUT2D eigenvalue weighted by molar-refractivity contribution is 0.0939. The van der Waals surface area contributed by atoms with Crippen LogP contribution in [0.5, 0.6) is 11.5 Å². The highest BCUT2D eigenvalue weighted by molar-refractivity contribution is 5.95. The van der Waals surface area contributed by atoms with E-state index in [1.54, 1.807) is 25.3 Å². The summed E-state index contributed by atoms with van der Waals surface area (Å²) in [7, 11) is 1.58. The molecule has 4 heteroatoms. The van der Waals surface area contributed by atoms with Crippen LogP contribution in [0, 0.1) is 0 Å². The Bertz CT molecular complexity index is 655. The van der Waals surface area contributed by atoms with Gasteiger partial charge in [0.15, 0.2) is 11.5 Å². The molecule has 0 bridgehead atoms. The van der Waals surface area contributed by atoms with Gasteiger partial charge in [-0.25, -0.2) is 0 Å². The van der Waals surface area contributed by atoms with Gasteiger partial charge in [-0.2, -0.15) is 0 Å². The molecule has 0 saturated heterocycles. The molecule has 1 N–H and O–H groups in total. The van der Waals surface area contributed by atoms with Crippen molar-refractivity contribution in [2.24, 2.45) is 0 Å². The number of carbonyl (C=O) groups is 1. The van der Waals surface area contributed by atoms with E-state index < -0.39 is 0 Å². The van der Waals surface area contributed by atoms with Crippen LogP contribution in [0.1, 0.15) is 48.7 Å². The average molecular weight is 327 g/mol. The maximum absolute atomic E-state index is 12.5. The molecule has 0 spiro atoms. The summed E-state index contributed by atoms with van der Waals surface area (Å²) < 4.78 is 11.0. The van der Waals surface area contributed by atoms with Crippen molar-refractivity contribution >= 4 is 5.91 Å². The topological polar surface area (TPSA) is 47.6 Å². The average Bonchev–Trinajstić information content (AvgIpc) is 2.62. The van der Waals surface area contributed by atoms with Gasteiger partial charge in [-0.05, 0) is 37.1 Å². The largest absolute Gasteiger partial charge is 0.493 e. The van der Waals surface area contributed by atoms with Crippen LogP contribution in [-0.4, -0.2) is 19.6 Å². The van der Waals surface area contributed by atoms with Crippen LogP contribution in [0.15, 0.2) is 48.5 Å². The standard InChI is InChI=1S/C20H25NO3/c1-4-5-13-24-18-12-11-17(14-19(18)23-3)20(22)21-15(2)16-9-7-6-8-10-16/h6-12,14-15H,4-5,13H2,1-3H3,(H,21,22)/t15-/m1/s1. The molecule has 0 fully saturated rings. The van der Waals surface area contributed by atoms with E-state index in [0.717, 1.165) is 18.4 Å². The Hall–Kier alpha value is -2.49. The molecule has 0 radical (unpaired) electrons. The lowest BCUT2D eigenvalue weighted by Crippen LogP contribution is -2.26. The Balaban J connectivity index is 2.06. The van der Waals surface area contributed by atoms with Crippen LogP contribution < -0.4 is 14.8 Å². The van der Waals surface area contributed by atoms with Gasteiger partial charge in [0, 0.05) is 5.56 Å². The van der Waals surface area contributed by atoms with Crippen LogP contribution >= 0.6 is 0 Å². The molecule has 2 aromatic carbocycles. The molecule has 0 aromatic heterocycles. The highest BCUT2D eigenvalue weighted by Gasteiger charge is 2.14. The van der Waals surface area contributed by atoms with E-state index in [4.69, 9.17) is 9.47 Å². The van der Waals surface area contributed by atoms with Gasteiger partial charge in [0.2, 0.25) is 0 Å². The monoisotopic (exact) mass is 327 g/mol. The van der Waals surface area contributed by atoms with Crippen molar-refractivity contribution in [3.05, 3.63) is 59.7 Å². The van der Waals surface area contributed by atoms with E-state index in [1.165, 1.54) is 0 Å². The van der Waals surface area contributed by atoms with Gasteiger partial charge < -0.3 is 14.8 Å². The Morgan fingerprint density at radius 1 is 1.12 bits per heavy atom. The summed E-state index contributed by atoms with van der Waals surface area (Å²) in [6.07, 6.45) is 2.06. The minimum Gasteiger partial charge on any atom is -0.493 e. The Morgan fingerprint density at radius 2 is 1.88 bits per heavy atom. The van der Waals surface area contributed by atoms with Gasteiger partial charge >= 0.3 is 0 Å². The fraction of sp³-hybridized carbons (Fsp3) is 0.350. The predicted octanol–water partition coefficient (Wildman–Crippen LogP) is 4.37. The number of rotatable bonds is 8. The van der Waals surface area contributed by atoms with Crippen molar-refractivity contribution in [2.75, 3.05) is 13.7 Å². The number of methoxy groups -OCH3 is 1. The van der Waals surface area contributed by atoms with Crippen LogP contribution in [-0.2, 0) is 0 Å². The van der Waals surface area contributed by atoms with Crippen molar-refractivity contribution in [1.29, 1.82) is 0 Å². The fourth-order valence-electron chi connectivity index (χ4n) is 2.36. The third kappa shape index (κ3) is 4.75. The van der Waals surface area contributed by atoms with Gasteiger partial charge in [-0.15, -0.1) is 0 Å². The number of ether oxygens (including phenoxy) is 2. The SMILES string of the molecule is CCCCOc1ccc(C(=O)N[C@H](C)c2ccccc2)cc1OC. The molecule has 0 saturated carbocycles. The molecular weight excluding hydrogens is 302 g/mol. The summed E-state index contributed by atoms with van der Waals surface area (Å²) >= 11 is 0. The highest BCUT2D eigenvalue weighted by Crippen LogP contribution is 2.28. The first-order valence-corrected chi connectivity index (χ1v) is 8.32. The van der Waals surface area contributed by atoms with E-state index in [1.807, 2.05) is 37.3 Å². The first kappa shape index (κ1) is 17.9. The van der Waals surface area contributed by atoms with Crippen molar-refractivity contribution in [3.63, 3.8) is 0 Å². The van der Waals surface area contributed by atoms with Gasteiger partial charge in [0.25, 0.3) is 5.91 Å². The van der Waals surface area contributed by atoms with Crippen LogP contribution in [0.3, 0.4) is 0 Å². The van der Waals surface area contributed by atoms with Crippen LogP contribution in [0.2, 0.25) is 0 Å². The lowest BCUT2D eigenvalue weighted by atomic mass is 10.1. The van der Waals surface area contributed by atoms with E-state index in [-0.39, 0.29) is 11.9 Å². The number of nitrogens with one attached hydrogen (secondary N) is 1. The molecule has 0 aliphatic carbocycles. The molecule has 128 valence electrons. The number of benzene rings is 2.